The molecule has 1 aromatic carbocycles. The van der Waals surface area contributed by atoms with Crippen LogP contribution in [0.5, 0.6) is 5.75 Å². The Morgan fingerprint density at radius 3 is 2.57 bits per heavy atom. The van der Waals surface area contributed by atoms with Crippen LogP contribution in [0.1, 0.15) is 38.2 Å². The van der Waals surface area contributed by atoms with Crippen LogP contribution in [0.2, 0.25) is 0 Å². The van der Waals surface area contributed by atoms with Gasteiger partial charge in [0.05, 0.1) is 0 Å². The molecule has 0 bridgehead atoms. The normalized spacial score (nSPS) is 11.7. The number of halogens is 4. The van der Waals surface area contributed by atoms with Gasteiger partial charge in [0.2, 0.25) is 0 Å². The predicted octanol–water partition coefficient (Wildman–Crippen LogP) is 5.06. The Labute approximate surface area is 132 Å². The minimum absolute atomic E-state index is 0.226. The van der Waals surface area contributed by atoms with Crippen molar-refractivity contribution in [1.82, 2.24) is 5.32 Å². The molecule has 0 saturated carbocycles. The lowest BCUT2D eigenvalue weighted by Gasteiger charge is -2.11. The summed E-state index contributed by atoms with van der Waals surface area (Å²) >= 11 is 3.29. The lowest BCUT2D eigenvalue weighted by atomic mass is 10.2. The maximum absolute atomic E-state index is 12.1. The summed E-state index contributed by atoms with van der Waals surface area (Å²) in [5.41, 5.74) is 0.900. The summed E-state index contributed by atoms with van der Waals surface area (Å²) in [6, 6.07) is 5.05. The number of unbranched alkanes of at least 4 members (excludes halogenated alkanes) is 3. The Balaban J connectivity index is 2.42. The van der Waals surface area contributed by atoms with E-state index in [0.717, 1.165) is 18.5 Å². The molecule has 0 amide bonds. The Morgan fingerprint density at radius 1 is 1.14 bits per heavy atom. The fourth-order valence-electron chi connectivity index (χ4n) is 1.88. The molecule has 2 nitrogen and oxygen atoms in total. The molecular formula is C15H21BrF3NO. The van der Waals surface area contributed by atoms with Crippen LogP contribution in [0.4, 0.5) is 13.2 Å². The summed E-state index contributed by atoms with van der Waals surface area (Å²) in [6.45, 7) is 2.42. The third-order valence-electron chi connectivity index (χ3n) is 2.87. The van der Waals surface area contributed by atoms with Gasteiger partial charge in [0.25, 0.3) is 0 Å². The zero-order valence-corrected chi connectivity index (χ0v) is 13.7. The Hall–Kier alpha value is -0.750. The molecule has 0 spiro atoms. The van der Waals surface area contributed by atoms with E-state index in [9.17, 15) is 13.2 Å². The highest BCUT2D eigenvalue weighted by molar-refractivity contribution is 9.10. The van der Waals surface area contributed by atoms with Crippen LogP contribution in [-0.2, 0) is 6.54 Å². The minimum Gasteiger partial charge on any atom is -0.484 e. The molecule has 0 radical (unpaired) electrons. The second kappa shape index (κ2) is 9.30. The van der Waals surface area contributed by atoms with Crippen molar-refractivity contribution in [2.75, 3.05) is 13.2 Å². The molecule has 0 atom stereocenters. The number of hydrogen-bond acceptors (Lipinski definition) is 2. The van der Waals surface area contributed by atoms with Crippen LogP contribution >= 0.6 is 15.9 Å². The molecule has 21 heavy (non-hydrogen) atoms. The average Bonchev–Trinajstić information content (AvgIpc) is 2.39. The minimum atomic E-state index is -4.32. The van der Waals surface area contributed by atoms with Crippen molar-refractivity contribution >= 4 is 15.9 Å². The Morgan fingerprint density at radius 2 is 1.90 bits per heavy atom. The lowest BCUT2D eigenvalue weighted by Crippen LogP contribution is -2.19. The van der Waals surface area contributed by atoms with Crippen LogP contribution in [0.3, 0.4) is 0 Å². The summed E-state index contributed by atoms with van der Waals surface area (Å²) in [7, 11) is 0. The molecule has 0 saturated heterocycles. The largest absolute Gasteiger partial charge is 0.484 e. The molecule has 0 aliphatic heterocycles. The second-order valence-electron chi connectivity index (χ2n) is 4.94. The molecule has 0 aliphatic rings. The molecule has 120 valence electrons. The first-order valence-electron chi connectivity index (χ1n) is 7.10. The van der Waals surface area contributed by atoms with Gasteiger partial charge in [-0.2, -0.15) is 13.2 Å². The van der Waals surface area contributed by atoms with E-state index in [1.165, 1.54) is 25.3 Å². The fourth-order valence-corrected chi connectivity index (χ4v) is 2.40. The third-order valence-corrected chi connectivity index (χ3v) is 3.33. The topological polar surface area (TPSA) is 21.3 Å². The number of rotatable bonds is 9. The van der Waals surface area contributed by atoms with Crippen molar-refractivity contribution in [2.45, 2.75) is 45.3 Å². The van der Waals surface area contributed by atoms with Gasteiger partial charge < -0.3 is 10.1 Å². The van der Waals surface area contributed by atoms with Gasteiger partial charge >= 0.3 is 6.18 Å². The summed E-state index contributed by atoms with van der Waals surface area (Å²) in [5.74, 6) is 0.226. The van der Waals surface area contributed by atoms with E-state index in [2.05, 4.69) is 28.2 Å². The van der Waals surface area contributed by atoms with Gasteiger partial charge in [0.15, 0.2) is 6.61 Å². The molecule has 1 aromatic rings. The van der Waals surface area contributed by atoms with Crippen LogP contribution in [0.25, 0.3) is 0 Å². The second-order valence-corrected chi connectivity index (χ2v) is 5.85. The smallest absolute Gasteiger partial charge is 0.422 e. The standard InChI is InChI=1S/C15H21BrF3NO/c1-2-3-4-5-6-20-10-12-7-13(16)9-14(8-12)21-11-15(17,18)19/h7-9,20H,2-6,10-11H2,1H3. The summed E-state index contributed by atoms with van der Waals surface area (Å²) in [5, 5.41) is 3.29. The molecule has 0 unspecified atom stereocenters. The molecule has 0 fully saturated rings. The van der Waals surface area contributed by atoms with Crippen LogP contribution in [0, 0.1) is 0 Å². The van der Waals surface area contributed by atoms with Crippen molar-refractivity contribution in [2.24, 2.45) is 0 Å². The first-order chi connectivity index (χ1) is 9.90. The molecule has 0 heterocycles. The highest BCUT2D eigenvalue weighted by atomic mass is 79.9. The number of nitrogens with one attached hydrogen (secondary N) is 1. The van der Waals surface area contributed by atoms with Crippen LogP contribution in [-0.4, -0.2) is 19.3 Å². The molecule has 6 heteroatoms. The maximum Gasteiger partial charge on any atom is 0.422 e. The van der Waals surface area contributed by atoms with Gasteiger partial charge in [-0.3, -0.25) is 0 Å². The quantitative estimate of drug-likeness (QED) is 0.615. The fraction of sp³-hybridized carbons (Fsp3) is 0.600. The van der Waals surface area contributed by atoms with E-state index in [-0.39, 0.29) is 5.75 Å². The summed E-state index contributed by atoms with van der Waals surface area (Å²) in [6.07, 6.45) is 0.417. The Bertz CT molecular complexity index is 424. The third kappa shape index (κ3) is 8.98. The number of hydrogen-bond donors (Lipinski definition) is 1. The lowest BCUT2D eigenvalue weighted by molar-refractivity contribution is -0.153. The summed E-state index contributed by atoms with van der Waals surface area (Å²) < 4.78 is 41.9. The zero-order valence-electron chi connectivity index (χ0n) is 12.1. The van der Waals surface area contributed by atoms with Crippen molar-refractivity contribution in [3.05, 3.63) is 28.2 Å². The number of benzene rings is 1. The van der Waals surface area contributed by atoms with Gasteiger partial charge in [0, 0.05) is 11.0 Å². The molecule has 1 N–H and O–H groups in total. The molecular weight excluding hydrogens is 347 g/mol. The van der Waals surface area contributed by atoms with Crippen molar-refractivity contribution in [1.29, 1.82) is 0 Å². The highest BCUT2D eigenvalue weighted by Crippen LogP contribution is 2.24. The summed E-state index contributed by atoms with van der Waals surface area (Å²) in [4.78, 5) is 0. The molecule has 1 rings (SSSR count). The molecule has 0 aliphatic carbocycles. The van der Waals surface area contributed by atoms with Crippen LogP contribution < -0.4 is 10.1 Å². The van der Waals surface area contributed by atoms with Crippen molar-refractivity contribution < 1.29 is 17.9 Å². The van der Waals surface area contributed by atoms with E-state index in [1.807, 2.05) is 6.07 Å². The van der Waals surface area contributed by atoms with Crippen LogP contribution in [0.15, 0.2) is 22.7 Å². The number of ether oxygens (including phenoxy) is 1. The number of alkyl halides is 3. The van der Waals surface area contributed by atoms with Gasteiger partial charge in [-0.1, -0.05) is 42.1 Å². The van der Waals surface area contributed by atoms with E-state index in [4.69, 9.17) is 4.74 Å². The van der Waals surface area contributed by atoms with E-state index in [1.54, 1.807) is 6.07 Å². The zero-order chi connectivity index (χ0) is 15.7. The first kappa shape index (κ1) is 18.3. The van der Waals surface area contributed by atoms with E-state index in [0.29, 0.717) is 11.0 Å². The first-order valence-corrected chi connectivity index (χ1v) is 7.90. The van der Waals surface area contributed by atoms with Gasteiger partial charge in [0.1, 0.15) is 5.75 Å². The van der Waals surface area contributed by atoms with Crippen molar-refractivity contribution in [3.8, 4) is 5.75 Å². The average molecular weight is 368 g/mol. The van der Waals surface area contributed by atoms with Gasteiger partial charge in [-0.15, -0.1) is 0 Å². The van der Waals surface area contributed by atoms with Crippen molar-refractivity contribution in [3.63, 3.8) is 0 Å². The Kier molecular flexibility index (Phi) is 8.11. The highest BCUT2D eigenvalue weighted by Gasteiger charge is 2.28. The SMILES string of the molecule is CCCCCCNCc1cc(Br)cc(OCC(F)(F)F)c1. The van der Waals surface area contributed by atoms with E-state index < -0.39 is 12.8 Å². The predicted molar refractivity (Wildman–Crippen MR) is 81.5 cm³/mol. The van der Waals surface area contributed by atoms with Gasteiger partial charge in [-0.05, 0) is 36.7 Å². The van der Waals surface area contributed by atoms with Gasteiger partial charge in [-0.25, -0.2) is 0 Å². The maximum atomic E-state index is 12.1. The molecule has 0 aromatic heterocycles. The van der Waals surface area contributed by atoms with E-state index >= 15 is 0 Å². The monoisotopic (exact) mass is 367 g/mol.